The smallest absolute Gasteiger partial charge is 0.403 e. The third-order valence-corrected chi connectivity index (χ3v) is 4.19. The van der Waals surface area contributed by atoms with E-state index >= 15 is 0 Å². The Balaban J connectivity index is 2.12. The summed E-state index contributed by atoms with van der Waals surface area (Å²) >= 11 is 0. The molecule has 0 spiro atoms. The number of aryl methyl sites for hydroxylation is 2. The SMILES string of the molecule is Cc1ccc(CB2OC(C)(C)C(C)(C)O2)c(C)c1. The molecule has 1 aliphatic heterocycles. The molecule has 2 rings (SSSR count). The molecule has 1 heterocycles. The van der Waals surface area contributed by atoms with E-state index in [9.17, 15) is 0 Å². The third-order valence-electron chi connectivity index (χ3n) is 4.19. The van der Waals surface area contributed by atoms with Gasteiger partial charge < -0.3 is 9.31 Å². The van der Waals surface area contributed by atoms with Crippen LogP contribution in [0.3, 0.4) is 0 Å². The van der Waals surface area contributed by atoms with Crippen LogP contribution in [0.4, 0.5) is 0 Å². The van der Waals surface area contributed by atoms with E-state index < -0.39 is 0 Å². The zero-order chi connectivity index (χ0) is 13.6. The minimum atomic E-state index is -0.240. The van der Waals surface area contributed by atoms with E-state index in [1.54, 1.807) is 0 Å². The van der Waals surface area contributed by atoms with E-state index in [1.165, 1.54) is 16.7 Å². The molecule has 1 aliphatic rings. The lowest BCUT2D eigenvalue weighted by Gasteiger charge is -2.32. The average molecular weight is 246 g/mol. The lowest BCUT2D eigenvalue weighted by molar-refractivity contribution is 0.00578. The lowest BCUT2D eigenvalue weighted by atomic mass is 9.79. The minimum Gasteiger partial charge on any atom is -0.403 e. The topological polar surface area (TPSA) is 18.5 Å². The van der Waals surface area contributed by atoms with Gasteiger partial charge in [0.15, 0.2) is 0 Å². The fraction of sp³-hybridized carbons (Fsp3) is 0.600. The molecule has 1 aromatic rings. The van der Waals surface area contributed by atoms with E-state index in [4.69, 9.17) is 9.31 Å². The molecule has 0 radical (unpaired) electrons. The molecule has 0 aliphatic carbocycles. The Morgan fingerprint density at radius 2 is 1.56 bits per heavy atom. The van der Waals surface area contributed by atoms with Gasteiger partial charge in [-0.1, -0.05) is 23.8 Å². The first-order valence-corrected chi connectivity index (χ1v) is 6.63. The van der Waals surface area contributed by atoms with Crippen LogP contribution in [0.1, 0.15) is 44.4 Å². The second-order valence-corrected chi connectivity index (χ2v) is 6.32. The maximum absolute atomic E-state index is 6.03. The van der Waals surface area contributed by atoms with Crippen LogP contribution in [-0.2, 0) is 15.6 Å². The maximum atomic E-state index is 6.03. The number of hydrogen-bond acceptors (Lipinski definition) is 2. The fourth-order valence-electron chi connectivity index (χ4n) is 2.30. The van der Waals surface area contributed by atoms with Crippen LogP contribution < -0.4 is 0 Å². The molecule has 2 nitrogen and oxygen atoms in total. The van der Waals surface area contributed by atoms with E-state index in [-0.39, 0.29) is 18.3 Å². The molecule has 1 saturated heterocycles. The third kappa shape index (κ3) is 2.48. The molecule has 98 valence electrons. The quantitative estimate of drug-likeness (QED) is 0.744. The molecular weight excluding hydrogens is 223 g/mol. The Morgan fingerprint density at radius 3 is 2.06 bits per heavy atom. The maximum Gasteiger partial charge on any atom is 0.462 e. The number of rotatable bonds is 2. The van der Waals surface area contributed by atoms with Crippen LogP contribution in [0.5, 0.6) is 0 Å². The average Bonchev–Trinajstić information content (AvgIpc) is 2.40. The van der Waals surface area contributed by atoms with Crippen LogP contribution >= 0.6 is 0 Å². The van der Waals surface area contributed by atoms with Crippen LogP contribution in [0.2, 0.25) is 0 Å². The highest BCUT2D eigenvalue weighted by atomic mass is 16.7. The van der Waals surface area contributed by atoms with Gasteiger partial charge in [0, 0.05) is 6.32 Å². The summed E-state index contributed by atoms with van der Waals surface area (Å²) in [6.07, 6.45) is 0.818. The summed E-state index contributed by atoms with van der Waals surface area (Å²) in [6.45, 7) is 12.6. The van der Waals surface area contributed by atoms with Gasteiger partial charge in [-0.3, -0.25) is 0 Å². The second-order valence-electron chi connectivity index (χ2n) is 6.32. The van der Waals surface area contributed by atoms with Gasteiger partial charge in [0.25, 0.3) is 0 Å². The van der Waals surface area contributed by atoms with Crippen molar-refractivity contribution in [2.24, 2.45) is 0 Å². The summed E-state index contributed by atoms with van der Waals surface area (Å²) in [5.41, 5.74) is 3.43. The number of benzene rings is 1. The van der Waals surface area contributed by atoms with E-state index in [0.717, 1.165) is 6.32 Å². The summed E-state index contributed by atoms with van der Waals surface area (Å²) in [7, 11) is -0.142. The summed E-state index contributed by atoms with van der Waals surface area (Å²) in [5.74, 6) is 0. The molecule has 1 fully saturated rings. The molecule has 1 aromatic carbocycles. The van der Waals surface area contributed by atoms with Gasteiger partial charge in [-0.15, -0.1) is 0 Å². The van der Waals surface area contributed by atoms with Crippen molar-refractivity contribution in [2.45, 2.75) is 59.1 Å². The van der Waals surface area contributed by atoms with E-state index in [0.29, 0.717) is 0 Å². The zero-order valence-corrected chi connectivity index (χ0v) is 12.3. The predicted molar refractivity (Wildman–Crippen MR) is 75.7 cm³/mol. The Bertz CT molecular complexity index is 436. The van der Waals surface area contributed by atoms with E-state index in [2.05, 4.69) is 59.7 Å². The fourth-order valence-corrected chi connectivity index (χ4v) is 2.30. The first-order valence-electron chi connectivity index (χ1n) is 6.63. The highest BCUT2D eigenvalue weighted by molar-refractivity contribution is 6.45. The largest absolute Gasteiger partial charge is 0.462 e. The van der Waals surface area contributed by atoms with Crippen LogP contribution in [-0.4, -0.2) is 18.3 Å². The Morgan fingerprint density at radius 1 is 1.00 bits per heavy atom. The monoisotopic (exact) mass is 246 g/mol. The summed E-state index contributed by atoms with van der Waals surface area (Å²) in [5, 5.41) is 0. The molecule has 0 bridgehead atoms. The van der Waals surface area contributed by atoms with Gasteiger partial charge in [0.1, 0.15) is 0 Å². The molecule has 0 aromatic heterocycles. The van der Waals surface area contributed by atoms with Crippen molar-refractivity contribution in [1.29, 1.82) is 0 Å². The summed E-state index contributed by atoms with van der Waals surface area (Å²) in [4.78, 5) is 0. The first-order chi connectivity index (χ1) is 8.21. The van der Waals surface area contributed by atoms with Gasteiger partial charge >= 0.3 is 7.12 Å². The standard InChI is InChI=1S/C15H23BO2/c1-11-7-8-13(12(2)9-11)10-16-17-14(3,4)15(5,6)18-16/h7-9H,10H2,1-6H3. The molecule has 18 heavy (non-hydrogen) atoms. The van der Waals surface area contributed by atoms with Crippen molar-refractivity contribution in [3.05, 3.63) is 34.9 Å². The number of hydrogen-bond donors (Lipinski definition) is 0. The first kappa shape index (κ1) is 13.6. The Hall–Kier alpha value is -0.795. The van der Waals surface area contributed by atoms with Crippen LogP contribution in [0.25, 0.3) is 0 Å². The van der Waals surface area contributed by atoms with Gasteiger partial charge in [0.05, 0.1) is 11.2 Å². The van der Waals surface area contributed by atoms with Crippen molar-refractivity contribution in [1.82, 2.24) is 0 Å². The normalized spacial score (nSPS) is 21.3. The van der Waals surface area contributed by atoms with Crippen molar-refractivity contribution in [2.75, 3.05) is 0 Å². The molecule has 3 heteroatoms. The predicted octanol–water partition coefficient (Wildman–Crippen LogP) is 3.48. The molecule has 0 N–H and O–H groups in total. The molecule has 0 saturated carbocycles. The zero-order valence-electron chi connectivity index (χ0n) is 12.3. The Labute approximate surface area is 111 Å². The highest BCUT2D eigenvalue weighted by Gasteiger charge is 2.50. The molecule has 0 amide bonds. The van der Waals surface area contributed by atoms with Crippen LogP contribution in [0, 0.1) is 13.8 Å². The summed E-state index contributed by atoms with van der Waals surface area (Å²) < 4.78 is 12.1. The van der Waals surface area contributed by atoms with Gasteiger partial charge in [-0.25, -0.2) is 0 Å². The van der Waals surface area contributed by atoms with Crippen molar-refractivity contribution < 1.29 is 9.31 Å². The van der Waals surface area contributed by atoms with Crippen LogP contribution in [0.15, 0.2) is 18.2 Å². The van der Waals surface area contributed by atoms with Gasteiger partial charge in [-0.2, -0.15) is 0 Å². The van der Waals surface area contributed by atoms with E-state index in [1.807, 2.05) is 0 Å². The highest BCUT2D eigenvalue weighted by Crippen LogP contribution is 2.37. The molecular formula is C15H23BO2. The van der Waals surface area contributed by atoms with Crippen molar-refractivity contribution in [3.63, 3.8) is 0 Å². The molecule has 0 unspecified atom stereocenters. The van der Waals surface area contributed by atoms with Crippen molar-refractivity contribution >= 4 is 7.12 Å². The summed E-state index contributed by atoms with van der Waals surface area (Å²) in [6, 6.07) is 6.53. The lowest BCUT2D eigenvalue weighted by Crippen LogP contribution is -2.41. The Kier molecular flexibility index (Phi) is 3.33. The minimum absolute atomic E-state index is 0.142. The molecule has 0 atom stereocenters. The van der Waals surface area contributed by atoms with Gasteiger partial charge in [0.2, 0.25) is 0 Å². The van der Waals surface area contributed by atoms with Crippen molar-refractivity contribution in [3.8, 4) is 0 Å². The second kappa shape index (κ2) is 4.39. The van der Waals surface area contributed by atoms with Gasteiger partial charge in [-0.05, 0) is 52.7 Å².